The summed E-state index contributed by atoms with van der Waals surface area (Å²) in [5, 5.41) is 12.4. The third kappa shape index (κ3) is 4.60. The van der Waals surface area contributed by atoms with E-state index in [1.54, 1.807) is 6.20 Å². The smallest absolute Gasteiger partial charge is 0.223 e. The third-order valence-corrected chi connectivity index (χ3v) is 4.02. The van der Waals surface area contributed by atoms with Crippen LogP contribution in [-0.2, 0) is 11.2 Å². The van der Waals surface area contributed by atoms with Crippen LogP contribution in [0.25, 0.3) is 0 Å². The second-order valence-electron chi connectivity index (χ2n) is 5.65. The Labute approximate surface area is 120 Å². The molecule has 2 rings (SSSR count). The lowest BCUT2D eigenvalue weighted by atomic mass is 9.88. The molecule has 1 atom stereocenters. The molecule has 20 heavy (non-hydrogen) atoms. The van der Waals surface area contributed by atoms with Gasteiger partial charge >= 0.3 is 0 Å². The molecule has 1 aliphatic carbocycles. The first-order valence-corrected chi connectivity index (χ1v) is 7.58. The van der Waals surface area contributed by atoms with Crippen LogP contribution >= 0.6 is 0 Å². The Morgan fingerprint density at radius 1 is 1.35 bits per heavy atom. The van der Waals surface area contributed by atoms with Crippen molar-refractivity contribution in [2.24, 2.45) is 11.8 Å². The summed E-state index contributed by atoms with van der Waals surface area (Å²) in [6, 6.07) is 5.77. The summed E-state index contributed by atoms with van der Waals surface area (Å²) in [6.45, 7) is 0.601. The van der Waals surface area contributed by atoms with Gasteiger partial charge in [0, 0.05) is 36.9 Å². The van der Waals surface area contributed by atoms with Crippen molar-refractivity contribution >= 4 is 5.91 Å². The highest BCUT2D eigenvalue weighted by atomic mass is 16.3. The molecule has 4 nitrogen and oxygen atoms in total. The molecule has 1 aliphatic rings. The van der Waals surface area contributed by atoms with Crippen molar-refractivity contribution in [3.05, 3.63) is 30.1 Å². The zero-order valence-electron chi connectivity index (χ0n) is 11.9. The standard InChI is InChI=1S/C16H24N2O2/c19-12-13(10-15-8-4-5-9-17-15)11-18-16(20)14-6-2-1-3-7-14/h4-5,8-9,13-14,19H,1-3,6-7,10-12H2,(H,18,20)/t13-/m1/s1. The highest BCUT2D eigenvalue weighted by molar-refractivity contribution is 5.78. The highest BCUT2D eigenvalue weighted by Crippen LogP contribution is 2.23. The normalized spacial score (nSPS) is 17.6. The maximum Gasteiger partial charge on any atom is 0.223 e. The molecule has 1 saturated carbocycles. The average Bonchev–Trinajstić information content (AvgIpc) is 2.53. The summed E-state index contributed by atoms with van der Waals surface area (Å²) in [5.74, 6) is 0.375. The minimum Gasteiger partial charge on any atom is -0.396 e. The maximum atomic E-state index is 12.1. The first-order valence-electron chi connectivity index (χ1n) is 7.58. The molecule has 1 fully saturated rings. The van der Waals surface area contributed by atoms with Gasteiger partial charge in [-0.3, -0.25) is 9.78 Å². The van der Waals surface area contributed by atoms with Crippen LogP contribution in [0.1, 0.15) is 37.8 Å². The largest absolute Gasteiger partial charge is 0.396 e. The van der Waals surface area contributed by atoms with Crippen molar-refractivity contribution in [1.82, 2.24) is 10.3 Å². The van der Waals surface area contributed by atoms with Crippen molar-refractivity contribution < 1.29 is 9.90 Å². The molecule has 0 spiro atoms. The number of aromatic nitrogens is 1. The van der Waals surface area contributed by atoms with Crippen LogP contribution in [0.4, 0.5) is 0 Å². The van der Waals surface area contributed by atoms with Crippen molar-refractivity contribution in [1.29, 1.82) is 0 Å². The SMILES string of the molecule is O=C(NC[C@H](CO)Cc1ccccn1)C1CCCCC1. The Morgan fingerprint density at radius 3 is 2.80 bits per heavy atom. The zero-order chi connectivity index (χ0) is 14.2. The van der Waals surface area contributed by atoms with E-state index in [0.717, 1.165) is 31.4 Å². The van der Waals surface area contributed by atoms with Crippen LogP contribution in [-0.4, -0.2) is 29.1 Å². The topological polar surface area (TPSA) is 62.2 Å². The molecule has 1 aromatic rings. The molecule has 0 radical (unpaired) electrons. The van der Waals surface area contributed by atoms with E-state index in [0.29, 0.717) is 13.0 Å². The third-order valence-electron chi connectivity index (χ3n) is 4.02. The van der Waals surface area contributed by atoms with Gasteiger partial charge in [0.05, 0.1) is 0 Å². The first-order chi connectivity index (χ1) is 9.79. The lowest BCUT2D eigenvalue weighted by Gasteiger charge is -2.22. The minimum absolute atomic E-state index is 0.0393. The Kier molecular flexibility index (Phi) is 5.99. The molecule has 0 unspecified atom stereocenters. The van der Waals surface area contributed by atoms with Gasteiger partial charge in [-0.2, -0.15) is 0 Å². The molecule has 110 valence electrons. The zero-order valence-corrected chi connectivity index (χ0v) is 11.9. The van der Waals surface area contributed by atoms with Gasteiger partial charge in [-0.25, -0.2) is 0 Å². The summed E-state index contributed by atoms with van der Waals surface area (Å²) < 4.78 is 0. The molecule has 4 heteroatoms. The minimum atomic E-state index is 0.0393. The van der Waals surface area contributed by atoms with Gasteiger partial charge < -0.3 is 10.4 Å². The number of carbonyl (C=O) groups is 1. The summed E-state index contributed by atoms with van der Waals surface area (Å²) >= 11 is 0. The first kappa shape index (κ1) is 15.0. The summed E-state index contributed by atoms with van der Waals surface area (Å²) in [6.07, 6.45) is 8.05. The Hall–Kier alpha value is -1.42. The number of carbonyl (C=O) groups excluding carboxylic acids is 1. The van der Waals surface area contributed by atoms with Crippen molar-refractivity contribution in [2.75, 3.05) is 13.2 Å². The number of pyridine rings is 1. The second kappa shape index (κ2) is 8.00. The summed E-state index contributed by atoms with van der Waals surface area (Å²) in [4.78, 5) is 16.3. The number of aliphatic hydroxyl groups excluding tert-OH is 1. The lowest BCUT2D eigenvalue weighted by Crippen LogP contribution is -2.36. The number of aliphatic hydroxyl groups is 1. The summed E-state index contributed by atoms with van der Waals surface area (Å²) in [7, 11) is 0. The molecule has 0 bridgehead atoms. The van der Waals surface area contributed by atoms with E-state index in [2.05, 4.69) is 10.3 Å². The monoisotopic (exact) mass is 276 g/mol. The molecule has 0 saturated heterocycles. The fourth-order valence-electron chi connectivity index (χ4n) is 2.77. The lowest BCUT2D eigenvalue weighted by molar-refractivity contribution is -0.126. The van der Waals surface area contributed by atoms with Gasteiger partial charge in [-0.1, -0.05) is 25.3 Å². The molecule has 0 aromatic carbocycles. The number of amides is 1. The van der Waals surface area contributed by atoms with Gasteiger partial charge in [0.15, 0.2) is 0 Å². The van der Waals surface area contributed by atoms with Crippen molar-refractivity contribution in [3.8, 4) is 0 Å². The quantitative estimate of drug-likeness (QED) is 0.834. The number of rotatable bonds is 6. The number of nitrogens with zero attached hydrogens (tertiary/aromatic N) is 1. The van der Waals surface area contributed by atoms with Crippen LogP contribution in [0.15, 0.2) is 24.4 Å². The molecular formula is C16H24N2O2. The molecule has 0 aliphatic heterocycles. The maximum absolute atomic E-state index is 12.1. The summed E-state index contributed by atoms with van der Waals surface area (Å²) in [5.41, 5.74) is 0.957. The predicted molar refractivity (Wildman–Crippen MR) is 78.1 cm³/mol. The molecule has 1 heterocycles. The van der Waals surface area contributed by atoms with E-state index in [1.165, 1.54) is 6.42 Å². The fourth-order valence-corrected chi connectivity index (χ4v) is 2.77. The van der Waals surface area contributed by atoms with Gasteiger partial charge in [-0.05, 0) is 31.4 Å². The van der Waals surface area contributed by atoms with E-state index < -0.39 is 0 Å². The molecule has 2 N–H and O–H groups in total. The van der Waals surface area contributed by atoms with Crippen LogP contribution in [0.5, 0.6) is 0 Å². The number of nitrogens with one attached hydrogen (secondary N) is 1. The molecular weight excluding hydrogens is 252 g/mol. The van der Waals surface area contributed by atoms with E-state index in [1.807, 2.05) is 18.2 Å². The predicted octanol–water partition coefficient (Wildman–Crippen LogP) is 1.93. The Bertz CT molecular complexity index is 402. The van der Waals surface area contributed by atoms with Gasteiger partial charge in [0.25, 0.3) is 0 Å². The Balaban J connectivity index is 1.77. The number of hydrogen-bond donors (Lipinski definition) is 2. The van der Waals surface area contributed by atoms with Gasteiger partial charge in [-0.15, -0.1) is 0 Å². The van der Waals surface area contributed by atoms with Crippen LogP contribution in [0.2, 0.25) is 0 Å². The van der Waals surface area contributed by atoms with E-state index in [4.69, 9.17) is 0 Å². The highest BCUT2D eigenvalue weighted by Gasteiger charge is 2.21. The van der Waals surface area contributed by atoms with Crippen molar-refractivity contribution in [3.63, 3.8) is 0 Å². The number of hydrogen-bond acceptors (Lipinski definition) is 3. The van der Waals surface area contributed by atoms with E-state index in [9.17, 15) is 9.90 Å². The average molecular weight is 276 g/mol. The van der Waals surface area contributed by atoms with Gasteiger partial charge in [0.1, 0.15) is 0 Å². The van der Waals surface area contributed by atoms with Crippen LogP contribution < -0.4 is 5.32 Å². The van der Waals surface area contributed by atoms with Crippen molar-refractivity contribution in [2.45, 2.75) is 38.5 Å². The van der Waals surface area contributed by atoms with Crippen LogP contribution in [0.3, 0.4) is 0 Å². The van der Waals surface area contributed by atoms with E-state index in [-0.39, 0.29) is 24.3 Å². The second-order valence-corrected chi connectivity index (χ2v) is 5.65. The molecule has 1 aromatic heterocycles. The van der Waals surface area contributed by atoms with E-state index >= 15 is 0 Å². The Morgan fingerprint density at radius 2 is 2.15 bits per heavy atom. The fraction of sp³-hybridized carbons (Fsp3) is 0.625. The van der Waals surface area contributed by atoms with Gasteiger partial charge in [0.2, 0.25) is 5.91 Å². The molecule has 1 amide bonds. The van der Waals surface area contributed by atoms with Crippen LogP contribution in [0, 0.1) is 11.8 Å².